The summed E-state index contributed by atoms with van der Waals surface area (Å²) < 4.78 is 11.1. The number of methoxy groups -OCH3 is 1. The average Bonchev–Trinajstić information content (AvgIpc) is 2.76. The monoisotopic (exact) mass is 253 g/mol. The molecule has 2 rings (SSSR count). The molecule has 2 heterocycles. The van der Waals surface area contributed by atoms with Crippen LogP contribution in [-0.2, 0) is 16.8 Å². The lowest BCUT2D eigenvalue weighted by Gasteiger charge is -2.32. The molecule has 5 heteroatoms. The fourth-order valence-corrected chi connectivity index (χ4v) is 2.32. The molecule has 0 atom stereocenters. The summed E-state index contributed by atoms with van der Waals surface area (Å²) in [5, 5.41) is 7.40. The molecular weight excluding hydrogens is 230 g/mol. The van der Waals surface area contributed by atoms with Crippen molar-refractivity contribution in [3.8, 4) is 0 Å². The number of nitrogens with zero attached hydrogens (tertiary/aromatic N) is 2. The van der Waals surface area contributed by atoms with Crippen LogP contribution in [0.15, 0.2) is 4.52 Å². The van der Waals surface area contributed by atoms with Gasteiger partial charge in [-0.25, -0.2) is 0 Å². The van der Waals surface area contributed by atoms with Crippen molar-refractivity contribution in [3.63, 3.8) is 0 Å². The number of aromatic nitrogens is 2. The summed E-state index contributed by atoms with van der Waals surface area (Å²) in [6, 6.07) is 0. The van der Waals surface area contributed by atoms with Crippen LogP contribution in [-0.4, -0.2) is 30.3 Å². The lowest BCUT2D eigenvalue weighted by atomic mass is 9.91. The molecule has 1 N–H and O–H groups in total. The third kappa shape index (κ3) is 2.90. The Hall–Kier alpha value is -0.940. The van der Waals surface area contributed by atoms with Crippen molar-refractivity contribution < 1.29 is 9.26 Å². The molecule has 1 aromatic heterocycles. The van der Waals surface area contributed by atoms with Crippen molar-refractivity contribution in [1.82, 2.24) is 15.5 Å². The minimum atomic E-state index is -0.394. The zero-order valence-electron chi connectivity index (χ0n) is 11.7. The first-order valence-corrected chi connectivity index (χ1v) is 6.54. The van der Waals surface area contributed by atoms with Gasteiger partial charge < -0.3 is 14.6 Å². The van der Waals surface area contributed by atoms with Gasteiger partial charge in [-0.1, -0.05) is 25.9 Å². The van der Waals surface area contributed by atoms with Gasteiger partial charge in [0.15, 0.2) is 5.82 Å². The van der Waals surface area contributed by atoms with E-state index in [2.05, 4.69) is 36.2 Å². The highest BCUT2D eigenvalue weighted by atomic mass is 16.5. The van der Waals surface area contributed by atoms with Crippen molar-refractivity contribution >= 4 is 0 Å². The first kappa shape index (κ1) is 13.5. The minimum absolute atomic E-state index is 0.162. The van der Waals surface area contributed by atoms with Gasteiger partial charge in [0.2, 0.25) is 0 Å². The molecule has 1 fully saturated rings. The largest absolute Gasteiger partial charge is 0.368 e. The van der Waals surface area contributed by atoms with Crippen LogP contribution in [0.25, 0.3) is 0 Å². The normalized spacial score (nSPS) is 20.0. The molecule has 1 saturated heterocycles. The van der Waals surface area contributed by atoms with Gasteiger partial charge in [0, 0.05) is 13.5 Å². The van der Waals surface area contributed by atoms with Gasteiger partial charge in [-0.2, -0.15) is 4.98 Å². The molecule has 0 radical (unpaired) electrons. The Balaban J connectivity index is 2.17. The molecule has 0 aromatic carbocycles. The van der Waals surface area contributed by atoms with Gasteiger partial charge in [0.25, 0.3) is 5.89 Å². The molecule has 0 spiro atoms. The highest BCUT2D eigenvalue weighted by molar-refractivity contribution is 5.03. The molecule has 0 aliphatic carbocycles. The third-order valence-corrected chi connectivity index (χ3v) is 3.35. The second-order valence-electron chi connectivity index (χ2n) is 6.20. The number of piperidine rings is 1. The lowest BCUT2D eigenvalue weighted by molar-refractivity contribution is -0.0622. The topological polar surface area (TPSA) is 60.2 Å². The first-order valence-electron chi connectivity index (χ1n) is 6.54. The van der Waals surface area contributed by atoms with Gasteiger partial charge in [-0.15, -0.1) is 0 Å². The van der Waals surface area contributed by atoms with Gasteiger partial charge in [-0.3, -0.25) is 0 Å². The summed E-state index contributed by atoms with van der Waals surface area (Å²) in [4.78, 5) is 4.53. The van der Waals surface area contributed by atoms with Crippen LogP contribution < -0.4 is 5.32 Å². The van der Waals surface area contributed by atoms with Gasteiger partial charge >= 0.3 is 0 Å². The van der Waals surface area contributed by atoms with Crippen LogP contribution in [0, 0.1) is 5.41 Å². The fourth-order valence-electron chi connectivity index (χ4n) is 2.32. The number of ether oxygens (including phenoxy) is 1. The summed E-state index contributed by atoms with van der Waals surface area (Å²) in [6.45, 7) is 8.34. The summed E-state index contributed by atoms with van der Waals surface area (Å²) in [6.07, 6.45) is 2.57. The molecule has 0 bridgehead atoms. The van der Waals surface area contributed by atoms with Crippen LogP contribution >= 0.6 is 0 Å². The number of hydrogen-bond acceptors (Lipinski definition) is 5. The smallest absolute Gasteiger partial charge is 0.258 e. The quantitative estimate of drug-likeness (QED) is 0.891. The summed E-state index contributed by atoms with van der Waals surface area (Å²) >= 11 is 0. The highest BCUT2D eigenvalue weighted by Gasteiger charge is 2.39. The molecule has 18 heavy (non-hydrogen) atoms. The van der Waals surface area contributed by atoms with E-state index in [-0.39, 0.29) is 5.41 Å². The Bertz CT molecular complexity index is 389. The zero-order valence-corrected chi connectivity index (χ0v) is 11.7. The Morgan fingerprint density at radius 3 is 2.56 bits per heavy atom. The molecule has 0 saturated carbocycles. The van der Waals surface area contributed by atoms with Gasteiger partial charge in [0.05, 0.1) is 0 Å². The Kier molecular flexibility index (Phi) is 3.73. The van der Waals surface area contributed by atoms with E-state index >= 15 is 0 Å². The second-order valence-corrected chi connectivity index (χ2v) is 6.20. The van der Waals surface area contributed by atoms with Gasteiger partial charge in [-0.05, 0) is 31.3 Å². The predicted octanol–water partition coefficient (Wildman–Crippen LogP) is 1.88. The van der Waals surface area contributed by atoms with Crippen LogP contribution in [0.4, 0.5) is 0 Å². The van der Waals surface area contributed by atoms with Crippen molar-refractivity contribution in [2.45, 2.75) is 45.6 Å². The molecule has 102 valence electrons. The van der Waals surface area contributed by atoms with Crippen molar-refractivity contribution in [3.05, 3.63) is 11.7 Å². The van der Waals surface area contributed by atoms with E-state index in [0.29, 0.717) is 5.89 Å². The Morgan fingerprint density at radius 2 is 2.00 bits per heavy atom. The van der Waals surface area contributed by atoms with Crippen LogP contribution in [0.3, 0.4) is 0 Å². The molecule has 5 nitrogen and oxygen atoms in total. The zero-order chi connectivity index (χ0) is 13.2. The van der Waals surface area contributed by atoms with Crippen molar-refractivity contribution in [1.29, 1.82) is 0 Å². The first-order chi connectivity index (χ1) is 8.45. The van der Waals surface area contributed by atoms with Crippen LogP contribution in [0.2, 0.25) is 0 Å². The van der Waals surface area contributed by atoms with E-state index in [1.54, 1.807) is 7.11 Å². The summed E-state index contributed by atoms with van der Waals surface area (Å²) in [5.41, 5.74) is -0.232. The average molecular weight is 253 g/mol. The fraction of sp³-hybridized carbons (Fsp3) is 0.846. The van der Waals surface area contributed by atoms with E-state index in [1.807, 2.05) is 0 Å². The van der Waals surface area contributed by atoms with Crippen molar-refractivity contribution in [2.24, 2.45) is 5.41 Å². The summed E-state index contributed by atoms with van der Waals surface area (Å²) in [5.74, 6) is 1.40. The maximum Gasteiger partial charge on any atom is 0.258 e. The number of nitrogens with one attached hydrogen (secondary N) is 1. The van der Waals surface area contributed by atoms with Gasteiger partial charge in [0.1, 0.15) is 5.60 Å². The second kappa shape index (κ2) is 4.97. The maximum absolute atomic E-state index is 5.67. The molecule has 0 unspecified atom stereocenters. The molecule has 1 aliphatic heterocycles. The Morgan fingerprint density at radius 1 is 1.33 bits per heavy atom. The van der Waals surface area contributed by atoms with E-state index in [1.165, 1.54) is 0 Å². The molecular formula is C13H23N3O2. The van der Waals surface area contributed by atoms with E-state index < -0.39 is 5.60 Å². The molecule has 1 aromatic rings. The van der Waals surface area contributed by atoms with E-state index in [9.17, 15) is 0 Å². The predicted molar refractivity (Wildman–Crippen MR) is 68.2 cm³/mol. The van der Waals surface area contributed by atoms with E-state index in [0.717, 1.165) is 38.2 Å². The SMILES string of the molecule is COC1(c2nc(CC(C)(C)C)no2)CCNCC1. The Labute approximate surface area is 108 Å². The maximum atomic E-state index is 5.67. The highest BCUT2D eigenvalue weighted by Crippen LogP contribution is 2.33. The minimum Gasteiger partial charge on any atom is -0.368 e. The standard InChI is InChI=1S/C13H23N3O2/c1-12(2,3)9-10-15-11(18-16-10)13(17-4)5-7-14-8-6-13/h14H,5-9H2,1-4H3. The number of rotatable bonds is 3. The molecule has 1 aliphatic rings. The molecule has 0 amide bonds. The lowest BCUT2D eigenvalue weighted by Crippen LogP contribution is -2.41. The third-order valence-electron chi connectivity index (χ3n) is 3.35. The van der Waals surface area contributed by atoms with E-state index in [4.69, 9.17) is 9.26 Å². The summed E-state index contributed by atoms with van der Waals surface area (Å²) in [7, 11) is 1.72. The van der Waals surface area contributed by atoms with Crippen molar-refractivity contribution in [2.75, 3.05) is 20.2 Å². The van der Waals surface area contributed by atoms with Crippen LogP contribution in [0.1, 0.15) is 45.3 Å². The number of hydrogen-bond donors (Lipinski definition) is 1. The van der Waals surface area contributed by atoms with Crippen LogP contribution in [0.5, 0.6) is 0 Å².